The molecule has 0 bridgehead atoms. The van der Waals surface area contributed by atoms with Gasteiger partial charge in [-0.2, -0.15) is 0 Å². The Balaban J connectivity index is 1.50. The number of hydrogen-bond donors (Lipinski definition) is 1. The average Bonchev–Trinajstić information content (AvgIpc) is 3.18. The van der Waals surface area contributed by atoms with Crippen molar-refractivity contribution in [3.8, 4) is 11.5 Å². The Morgan fingerprint density at radius 3 is 2.65 bits per heavy atom. The van der Waals surface area contributed by atoms with Gasteiger partial charge < -0.3 is 20.1 Å². The number of rotatable bonds is 4. The van der Waals surface area contributed by atoms with E-state index >= 15 is 0 Å². The lowest BCUT2D eigenvalue weighted by Crippen LogP contribution is -2.40. The molecule has 1 saturated carbocycles. The minimum absolute atomic E-state index is 0.0231. The van der Waals surface area contributed by atoms with Gasteiger partial charge in [-0.15, -0.1) is 0 Å². The van der Waals surface area contributed by atoms with Crippen LogP contribution in [0.4, 0.5) is 0 Å². The Morgan fingerprint density at radius 2 is 1.88 bits per heavy atom. The van der Waals surface area contributed by atoms with Crippen LogP contribution < -0.4 is 15.2 Å². The third kappa shape index (κ3) is 3.41. The van der Waals surface area contributed by atoms with Crippen molar-refractivity contribution in [3.63, 3.8) is 0 Å². The fourth-order valence-electron chi connectivity index (χ4n) is 4.86. The fraction of sp³-hybridized carbons (Fsp3) is 0.667. The van der Waals surface area contributed by atoms with Crippen LogP contribution in [0.2, 0.25) is 0 Å². The smallest absolute Gasteiger partial charge is 0.223 e. The molecule has 2 heterocycles. The SMILES string of the molecule is NCC1(CC(=O)N2CCCC2c2ccc3c(c2)OCCO3)CCCCC1. The van der Waals surface area contributed by atoms with Crippen LogP contribution in [0.25, 0.3) is 0 Å². The normalized spacial score (nSPS) is 24.5. The summed E-state index contributed by atoms with van der Waals surface area (Å²) in [6, 6.07) is 6.28. The van der Waals surface area contributed by atoms with Gasteiger partial charge in [-0.3, -0.25) is 4.79 Å². The van der Waals surface area contributed by atoms with E-state index in [9.17, 15) is 4.79 Å². The van der Waals surface area contributed by atoms with Crippen molar-refractivity contribution in [2.45, 2.75) is 57.4 Å². The highest BCUT2D eigenvalue weighted by Gasteiger charge is 2.37. The lowest BCUT2D eigenvalue weighted by atomic mass is 9.71. The van der Waals surface area contributed by atoms with E-state index in [1.54, 1.807) is 0 Å². The molecule has 1 aromatic rings. The Kier molecular flexibility index (Phi) is 5.07. The first-order valence-corrected chi connectivity index (χ1v) is 10.1. The molecule has 2 N–H and O–H groups in total. The Hall–Kier alpha value is -1.75. The van der Waals surface area contributed by atoms with Crippen molar-refractivity contribution in [1.82, 2.24) is 4.90 Å². The second-order valence-corrected chi connectivity index (χ2v) is 8.09. The molecule has 1 saturated heterocycles. The van der Waals surface area contributed by atoms with E-state index in [0.29, 0.717) is 26.2 Å². The summed E-state index contributed by atoms with van der Waals surface area (Å²) in [7, 11) is 0. The van der Waals surface area contributed by atoms with Crippen LogP contribution in [0.1, 0.15) is 63.0 Å². The maximum atomic E-state index is 13.2. The Bertz CT molecular complexity index is 655. The zero-order chi connectivity index (χ0) is 18.0. The first kappa shape index (κ1) is 17.7. The summed E-state index contributed by atoms with van der Waals surface area (Å²) in [5.41, 5.74) is 7.29. The van der Waals surface area contributed by atoms with Gasteiger partial charge in [0.05, 0.1) is 6.04 Å². The summed E-state index contributed by atoms with van der Waals surface area (Å²) in [4.78, 5) is 15.2. The minimum Gasteiger partial charge on any atom is -0.486 e. The molecule has 5 heteroatoms. The number of ether oxygens (including phenoxy) is 2. The Labute approximate surface area is 155 Å². The Morgan fingerprint density at radius 1 is 1.12 bits per heavy atom. The molecule has 1 aliphatic carbocycles. The molecule has 142 valence electrons. The lowest BCUT2D eigenvalue weighted by Gasteiger charge is -2.37. The molecule has 1 unspecified atom stereocenters. The molecule has 0 aromatic heterocycles. The van der Waals surface area contributed by atoms with Crippen molar-refractivity contribution in [2.75, 3.05) is 26.3 Å². The van der Waals surface area contributed by atoms with Gasteiger partial charge >= 0.3 is 0 Å². The van der Waals surface area contributed by atoms with Gasteiger partial charge in [-0.25, -0.2) is 0 Å². The fourth-order valence-corrected chi connectivity index (χ4v) is 4.86. The molecule has 1 atom stereocenters. The molecular formula is C21H30N2O3. The zero-order valence-electron chi connectivity index (χ0n) is 15.5. The van der Waals surface area contributed by atoms with E-state index in [1.165, 1.54) is 19.3 Å². The van der Waals surface area contributed by atoms with Gasteiger partial charge in [0.15, 0.2) is 11.5 Å². The number of hydrogen-bond acceptors (Lipinski definition) is 4. The van der Waals surface area contributed by atoms with Gasteiger partial charge in [-0.05, 0) is 55.3 Å². The van der Waals surface area contributed by atoms with Crippen molar-refractivity contribution < 1.29 is 14.3 Å². The van der Waals surface area contributed by atoms with E-state index in [4.69, 9.17) is 15.2 Å². The standard InChI is InChI=1S/C21H30N2O3/c22-15-21(8-2-1-3-9-21)14-20(24)23-10-4-5-17(23)16-6-7-18-19(13-16)26-12-11-25-18/h6-7,13,17H,1-5,8-12,14-15,22H2. The third-order valence-electron chi connectivity index (χ3n) is 6.40. The van der Waals surface area contributed by atoms with Crippen LogP contribution >= 0.6 is 0 Å². The first-order chi connectivity index (χ1) is 12.7. The molecule has 0 spiro atoms. The largest absolute Gasteiger partial charge is 0.486 e. The number of nitrogens with two attached hydrogens (primary N) is 1. The molecule has 0 radical (unpaired) electrons. The molecule has 1 aromatic carbocycles. The van der Waals surface area contributed by atoms with Crippen LogP contribution in [0.5, 0.6) is 11.5 Å². The van der Waals surface area contributed by atoms with Crippen molar-refractivity contribution >= 4 is 5.91 Å². The highest BCUT2D eigenvalue weighted by atomic mass is 16.6. The highest BCUT2D eigenvalue weighted by molar-refractivity contribution is 5.78. The van der Waals surface area contributed by atoms with E-state index in [2.05, 4.69) is 17.0 Å². The zero-order valence-corrected chi connectivity index (χ0v) is 15.5. The summed E-state index contributed by atoms with van der Waals surface area (Å²) >= 11 is 0. The summed E-state index contributed by atoms with van der Waals surface area (Å²) in [5, 5.41) is 0. The van der Waals surface area contributed by atoms with Crippen LogP contribution in [-0.2, 0) is 4.79 Å². The van der Waals surface area contributed by atoms with E-state index in [-0.39, 0.29) is 17.4 Å². The predicted octanol–water partition coefficient (Wildman–Crippen LogP) is 3.42. The van der Waals surface area contributed by atoms with Crippen LogP contribution in [0.3, 0.4) is 0 Å². The molecule has 2 aliphatic heterocycles. The maximum absolute atomic E-state index is 13.2. The maximum Gasteiger partial charge on any atom is 0.223 e. The second-order valence-electron chi connectivity index (χ2n) is 8.09. The van der Waals surface area contributed by atoms with Gasteiger partial charge in [-0.1, -0.05) is 25.3 Å². The average molecular weight is 358 g/mol. The quantitative estimate of drug-likeness (QED) is 0.896. The molecule has 26 heavy (non-hydrogen) atoms. The number of likely N-dealkylation sites (tertiary alicyclic amines) is 1. The number of nitrogens with zero attached hydrogens (tertiary/aromatic N) is 1. The molecule has 3 aliphatic rings. The summed E-state index contributed by atoms with van der Waals surface area (Å²) < 4.78 is 11.4. The summed E-state index contributed by atoms with van der Waals surface area (Å²) in [6.45, 7) is 2.66. The van der Waals surface area contributed by atoms with E-state index in [1.807, 2.05) is 6.07 Å². The number of carbonyl (C=O) groups is 1. The minimum atomic E-state index is 0.0231. The van der Waals surface area contributed by atoms with Gasteiger partial charge in [0, 0.05) is 13.0 Å². The van der Waals surface area contributed by atoms with Crippen LogP contribution in [0.15, 0.2) is 18.2 Å². The number of carbonyl (C=O) groups excluding carboxylic acids is 1. The monoisotopic (exact) mass is 358 g/mol. The van der Waals surface area contributed by atoms with Gasteiger partial charge in [0.2, 0.25) is 5.91 Å². The molecule has 1 amide bonds. The molecule has 2 fully saturated rings. The van der Waals surface area contributed by atoms with E-state index in [0.717, 1.165) is 49.3 Å². The van der Waals surface area contributed by atoms with E-state index < -0.39 is 0 Å². The molecule has 4 rings (SSSR count). The van der Waals surface area contributed by atoms with Crippen molar-refractivity contribution in [1.29, 1.82) is 0 Å². The highest BCUT2D eigenvalue weighted by Crippen LogP contribution is 2.42. The predicted molar refractivity (Wildman–Crippen MR) is 100 cm³/mol. The summed E-state index contributed by atoms with van der Waals surface area (Å²) in [6.07, 6.45) is 8.55. The second kappa shape index (κ2) is 7.47. The van der Waals surface area contributed by atoms with Gasteiger partial charge in [0.1, 0.15) is 13.2 Å². The molecular weight excluding hydrogens is 328 g/mol. The van der Waals surface area contributed by atoms with Crippen molar-refractivity contribution in [3.05, 3.63) is 23.8 Å². The number of benzene rings is 1. The van der Waals surface area contributed by atoms with Crippen LogP contribution in [-0.4, -0.2) is 37.1 Å². The first-order valence-electron chi connectivity index (χ1n) is 10.1. The molecule has 5 nitrogen and oxygen atoms in total. The van der Waals surface area contributed by atoms with Gasteiger partial charge in [0.25, 0.3) is 0 Å². The van der Waals surface area contributed by atoms with Crippen molar-refractivity contribution in [2.24, 2.45) is 11.1 Å². The third-order valence-corrected chi connectivity index (χ3v) is 6.40. The lowest BCUT2D eigenvalue weighted by molar-refractivity contribution is -0.135. The topological polar surface area (TPSA) is 64.8 Å². The number of amides is 1. The van der Waals surface area contributed by atoms with Crippen LogP contribution in [0, 0.1) is 5.41 Å². The number of fused-ring (bicyclic) bond motifs is 1. The summed E-state index contributed by atoms with van der Waals surface area (Å²) in [5.74, 6) is 1.88.